The van der Waals surface area contributed by atoms with Gasteiger partial charge in [0.15, 0.2) is 5.82 Å². The molecule has 2 aromatic heterocycles. The molecule has 0 atom stereocenters. The monoisotopic (exact) mass is 505 g/mol. The first-order chi connectivity index (χ1) is 18.0. The molecule has 2 fully saturated rings. The van der Waals surface area contributed by atoms with Gasteiger partial charge in [-0.25, -0.2) is 4.98 Å². The first-order valence-electron chi connectivity index (χ1n) is 13.0. The van der Waals surface area contributed by atoms with Crippen molar-refractivity contribution in [2.24, 2.45) is 5.73 Å². The van der Waals surface area contributed by atoms with Gasteiger partial charge in [0.1, 0.15) is 17.3 Å². The molecule has 0 radical (unpaired) electrons. The first kappa shape index (κ1) is 25.0. The Labute approximate surface area is 216 Å². The van der Waals surface area contributed by atoms with Crippen LogP contribution in [0.5, 0.6) is 5.75 Å². The summed E-state index contributed by atoms with van der Waals surface area (Å²) in [5, 5.41) is 23.5. The van der Waals surface area contributed by atoms with Crippen molar-refractivity contribution in [1.82, 2.24) is 30.4 Å². The number of phenols is 1. The van der Waals surface area contributed by atoms with Crippen molar-refractivity contribution in [2.45, 2.75) is 45.2 Å². The Bertz CT molecular complexity index is 1230. The summed E-state index contributed by atoms with van der Waals surface area (Å²) in [7, 11) is 0. The quantitative estimate of drug-likeness (QED) is 0.280. The zero-order valence-corrected chi connectivity index (χ0v) is 21.2. The number of phenolic OH excluding ortho intramolecular Hbond substituents is 1. The lowest BCUT2D eigenvalue weighted by Gasteiger charge is -2.35. The van der Waals surface area contributed by atoms with Crippen LogP contribution in [0.2, 0.25) is 0 Å². The first-order valence-corrected chi connectivity index (χ1v) is 13.0. The van der Waals surface area contributed by atoms with Gasteiger partial charge in [-0.3, -0.25) is 14.8 Å². The molecule has 1 amide bonds. The number of aromatic hydroxyl groups is 1. The largest absolute Gasteiger partial charge is 0.508 e. The third kappa shape index (κ3) is 6.17. The van der Waals surface area contributed by atoms with Crippen molar-refractivity contribution in [2.75, 3.05) is 42.9 Å². The SMILES string of the molecule is CCCNC(=O)c1cc(Nc2cc(C3CC3)[nH]n2)nc(N2CCN(Cc3ccc(O)c(CN)c3)CC2)n1. The number of carbonyl (C=O) groups excluding carboxylic acids is 1. The van der Waals surface area contributed by atoms with Crippen molar-refractivity contribution in [3.8, 4) is 5.75 Å². The Balaban J connectivity index is 1.28. The topological polar surface area (TPSA) is 148 Å². The second kappa shape index (κ2) is 11.1. The number of nitrogens with one attached hydrogen (secondary N) is 3. The molecule has 3 heterocycles. The van der Waals surface area contributed by atoms with Gasteiger partial charge in [-0.05, 0) is 37.0 Å². The second-order valence-electron chi connectivity index (χ2n) is 9.73. The van der Waals surface area contributed by atoms with Gasteiger partial charge in [-0.2, -0.15) is 10.1 Å². The Hall–Kier alpha value is -3.70. The maximum absolute atomic E-state index is 12.8. The number of anilines is 3. The fourth-order valence-electron chi connectivity index (χ4n) is 4.49. The molecule has 0 unspecified atom stereocenters. The Morgan fingerprint density at radius 1 is 1.14 bits per heavy atom. The maximum atomic E-state index is 12.8. The summed E-state index contributed by atoms with van der Waals surface area (Å²) < 4.78 is 0. The van der Waals surface area contributed by atoms with Gasteiger partial charge in [-0.15, -0.1) is 0 Å². The molecule has 1 saturated carbocycles. The number of aromatic nitrogens is 4. The molecule has 0 bridgehead atoms. The number of hydrogen-bond donors (Lipinski definition) is 5. The lowest BCUT2D eigenvalue weighted by atomic mass is 10.1. The molecule has 1 aromatic carbocycles. The fourth-order valence-corrected chi connectivity index (χ4v) is 4.49. The van der Waals surface area contributed by atoms with E-state index in [9.17, 15) is 9.90 Å². The molecular formula is C26H35N9O2. The number of benzene rings is 1. The second-order valence-corrected chi connectivity index (χ2v) is 9.73. The van der Waals surface area contributed by atoms with Crippen molar-refractivity contribution >= 4 is 23.5 Å². The summed E-state index contributed by atoms with van der Waals surface area (Å²) in [6, 6.07) is 9.29. The van der Waals surface area contributed by atoms with E-state index in [2.05, 4.69) is 35.6 Å². The third-order valence-electron chi connectivity index (χ3n) is 6.78. The van der Waals surface area contributed by atoms with E-state index >= 15 is 0 Å². The number of nitrogens with two attached hydrogens (primary N) is 1. The van der Waals surface area contributed by atoms with Crippen LogP contribution in [-0.4, -0.2) is 68.8 Å². The Morgan fingerprint density at radius 3 is 2.68 bits per heavy atom. The van der Waals surface area contributed by atoms with Crippen LogP contribution in [0.3, 0.4) is 0 Å². The number of aromatic amines is 1. The number of H-pyrrole nitrogens is 1. The number of carbonyl (C=O) groups is 1. The molecule has 3 aromatic rings. The number of amides is 1. The van der Waals surface area contributed by atoms with Crippen LogP contribution in [0.1, 0.15) is 59.4 Å². The average molecular weight is 506 g/mol. The number of nitrogens with zero attached hydrogens (tertiary/aromatic N) is 5. The molecule has 5 rings (SSSR count). The van der Waals surface area contributed by atoms with Crippen LogP contribution < -0.4 is 21.3 Å². The van der Waals surface area contributed by atoms with Gasteiger partial charge in [0.25, 0.3) is 5.91 Å². The highest BCUT2D eigenvalue weighted by atomic mass is 16.3. The van der Waals surface area contributed by atoms with Crippen molar-refractivity contribution in [3.05, 3.63) is 52.8 Å². The summed E-state index contributed by atoms with van der Waals surface area (Å²) >= 11 is 0. The zero-order valence-electron chi connectivity index (χ0n) is 21.2. The minimum atomic E-state index is -0.212. The van der Waals surface area contributed by atoms with Crippen molar-refractivity contribution < 1.29 is 9.90 Å². The molecule has 6 N–H and O–H groups in total. The summed E-state index contributed by atoms with van der Waals surface area (Å²) in [6.07, 6.45) is 3.23. The van der Waals surface area contributed by atoms with Gasteiger partial charge in [0.2, 0.25) is 5.95 Å². The van der Waals surface area contributed by atoms with Crippen LogP contribution in [-0.2, 0) is 13.1 Å². The van der Waals surface area contributed by atoms with Gasteiger partial charge in [0, 0.05) is 75.1 Å². The van der Waals surface area contributed by atoms with E-state index in [1.54, 1.807) is 12.1 Å². The molecule has 1 saturated heterocycles. The molecular weight excluding hydrogens is 470 g/mol. The lowest BCUT2D eigenvalue weighted by molar-refractivity contribution is 0.0948. The van der Waals surface area contributed by atoms with E-state index in [0.717, 1.165) is 56.0 Å². The van der Waals surface area contributed by atoms with Crippen LogP contribution >= 0.6 is 0 Å². The summed E-state index contributed by atoms with van der Waals surface area (Å²) in [4.78, 5) is 26.6. The normalized spacial score (nSPS) is 16.1. The van der Waals surface area contributed by atoms with E-state index in [1.165, 1.54) is 12.8 Å². The number of rotatable bonds is 10. The summed E-state index contributed by atoms with van der Waals surface area (Å²) in [6.45, 7) is 6.79. The third-order valence-corrected chi connectivity index (χ3v) is 6.78. The van der Waals surface area contributed by atoms with Crippen LogP contribution in [0, 0.1) is 0 Å². The number of hydrogen-bond acceptors (Lipinski definition) is 9. The summed E-state index contributed by atoms with van der Waals surface area (Å²) in [5.41, 5.74) is 9.07. The predicted octanol–water partition coefficient (Wildman–Crippen LogP) is 2.45. The molecule has 1 aliphatic heterocycles. The Morgan fingerprint density at radius 2 is 1.95 bits per heavy atom. The highest BCUT2D eigenvalue weighted by Gasteiger charge is 2.26. The average Bonchev–Trinajstić information content (AvgIpc) is 3.67. The van der Waals surface area contributed by atoms with Crippen LogP contribution in [0.4, 0.5) is 17.6 Å². The lowest BCUT2D eigenvalue weighted by Crippen LogP contribution is -2.46. The molecule has 0 spiro atoms. The molecule has 2 aliphatic rings. The van der Waals surface area contributed by atoms with Crippen molar-refractivity contribution in [3.63, 3.8) is 0 Å². The van der Waals surface area contributed by atoms with Crippen LogP contribution in [0.15, 0.2) is 30.3 Å². The Kier molecular flexibility index (Phi) is 7.52. The highest BCUT2D eigenvalue weighted by Crippen LogP contribution is 2.39. The van der Waals surface area contributed by atoms with Gasteiger partial charge < -0.3 is 26.4 Å². The van der Waals surface area contributed by atoms with E-state index in [-0.39, 0.29) is 11.7 Å². The standard InChI is InChI=1S/C26H35N9O2/c1-2-7-28-25(37)21-14-23(30-24-13-20(32-33-24)18-4-5-18)31-26(29-21)35-10-8-34(9-11-35)16-17-3-6-22(36)19(12-17)15-27/h3,6,12-14,18,36H,2,4-5,7-11,15-16,27H2,1H3,(H,28,37)(H2,29,30,31,32,33). The molecule has 37 heavy (non-hydrogen) atoms. The van der Waals surface area contributed by atoms with Crippen molar-refractivity contribution in [1.29, 1.82) is 0 Å². The molecule has 11 nitrogen and oxygen atoms in total. The molecule has 11 heteroatoms. The minimum absolute atomic E-state index is 0.212. The van der Waals surface area contributed by atoms with E-state index in [1.807, 2.05) is 25.1 Å². The smallest absolute Gasteiger partial charge is 0.270 e. The van der Waals surface area contributed by atoms with Crippen LogP contribution in [0.25, 0.3) is 0 Å². The van der Waals surface area contributed by atoms with E-state index in [4.69, 9.17) is 10.7 Å². The summed E-state index contributed by atoms with van der Waals surface area (Å²) in [5.74, 6) is 2.34. The molecule has 196 valence electrons. The highest BCUT2D eigenvalue weighted by molar-refractivity contribution is 5.93. The number of piperazine rings is 1. The zero-order chi connectivity index (χ0) is 25.8. The van der Waals surface area contributed by atoms with Gasteiger partial charge in [0.05, 0.1) is 0 Å². The molecule has 1 aliphatic carbocycles. The van der Waals surface area contributed by atoms with Gasteiger partial charge >= 0.3 is 0 Å². The van der Waals surface area contributed by atoms with Gasteiger partial charge in [-0.1, -0.05) is 13.0 Å². The van der Waals surface area contributed by atoms with E-state index < -0.39 is 0 Å². The van der Waals surface area contributed by atoms with E-state index in [0.29, 0.717) is 42.3 Å². The predicted molar refractivity (Wildman–Crippen MR) is 142 cm³/mol. The minimum Gasteiger partial charge on any atom is -0.508 e. The fraction of sp³-hybridized carbons (Fsp3) is 0.462. The maximum Gasteiger partial charge on any atom is 0.270 e.